The van der Waals surface area contributed by atoms with E-state index in [2.05, 4.69) is 10.0 Å². The Kier molecular flexibility index (Phi) is 4.65. The Hall–Kier alpha value is -1.05. The van der Waals surface area contributed by atoms with Crippen LogP contribution in [0.4, 0.5) is 8.78 Å². The second-order valence-electron chi connectivity index (χ2n) is 5.68. The zero-order valence-electron chi connectivity index (χ0n) is 12.2. The summed E-state index contributed by atoms with van der Waals surface area (Å²) in [7, 11) is -3.98. The van der Waals surface area contributed by atoms with E-state index in [0.29, 0.717) is 6.54 Å². The first kappa shape index (κ1) is 16.3. The summed E-state index contributed by atoms with van der Waals surface area (Å²) in [6, 6.07) is 1.97. The largest absolute Gasteiger partial charge is 0.312 e. The van der Waals surface area contributed by atoms with Gasteiger partial charge in [0.1, 0.15) is 10.7 Å². The molecule has 0 aliphatic heterocycles. The summed E-state index contributed by atoms with van der Waals surface area (Å²) in [6.45, 7) is 4.26. The van der Waals surface area contributed by atoms with Crippen molar-refractivity contribution in [3.8, 4) is 0 Å². The van der Waals surface area contributed by atoms with E-state index in [1.54, 1.807) is 6.92 Å². The molecule has 0 bridgehead atoms. The lowest BCUT2D eigenvalue weighted by Crippen LogP contribution is -2.35. The molecule has 0 heterocycles. The topological polar surface area (TPSA) is 58.2 Å². The molecule has 1 aliphatic carbocycles. The third-order valence-corrected chi connectivity index (χ3v) is 5.21. The molecule has 4 nitrogen and oxygen atoms in total. The first-order chi connectivity index (χ1) is 9.79. The molecule has 1 aromatic rings. The Balaban J connectivity index is 2.29. The second kappa shape index (κ2) is 5.98. The molecule has 7 heteroatoms. The number of sulfonamides is 1. The van der Waals surface area contributed by atoms with Crippen LogP contribution in [0, 0.1) is 11.6 Å². The van der Waals surface area contributed by atoms with Gasteiger partial charge in [0.25, 0.3) is 0 Å². The van der Waals surface area contributed by atoms with Crippen LogP contribution in [0.5, 0.6) is 0 Å². The van der Waals surface area contributed by atoms with Gasteiger partial charge >= 0.3 is 0 Å². The quantitative estimate of drug-likeness (QED) is 0.759. The van der Waals surface area contributed by atoms with Gasteiger partial charge in [0.15, 0.2) is 5.82 Å². The predicted molar refractivity (Wildman–Crippen MR) is 76.3 cm³/mol. The van der Waals surface area contributed by atoms with E-state index in [9.17, 15) is 17.2 Å². The van der Waals surface area contributed by atoms with Gasteiger partial charge in [-0.05, 0) is 44.9 Å². The maximum absolute atomic E-state index is 14.4. The van der Waals surface area contributed by atoms with Gasteiger partial charge in [-0.2, -0.15) is 0 Å². The number of halogens is 2. The van der Waals surface area contributed by atoms with Crippen molar-refractivity contribution in [3.63, 3.8) is 0 Å². The SMILES string of the molecule is CCCNCc1c(F)ccc(S(=O)(=O)NC2(C)CC2)c1F. The molecule has 118 valence electrons. The zero-order chi connectivity index (χ0) is 15.7. The van der Waals surface area contributed by atoms with Gasteiger partial charge in [-0.15, -0.1) is 0 Å². The second-order valence-corrected chi connectivity index (χ2v) is 7.33. The highest BCUT2D eigenvalue weighted by Crippen LogP contribution is 2.36. The lowest BCUT2D eigenvalue weighted by Gasteiger charge is -2.15. The minimum Gasteiger partial charge on any atom is -0.312 e. The first-order valence-corrected chi connectivity index (χ1v) is 8.49. The summed E-state index contributed by atoms with van der Waals surface area (Å²) < 4.78 is 54.9. The monoisotopic (exact) mass is 318 g/mol. The molecule has 2 N–H and O–H groups in total. The van der Waals surface area contributed by atoms with E-state index in [-0.39, 0.29) is 12.1 Å². The Morgan fingerprint density at radius 1 is 1.29 bits per heavy atom. The van der Waals surface area contributed by atoms with Crippen LogP contribution in [-0.2, 0) is 16.6 Å². The van der Waals surface area contributed by atoms with Gasteiger partial charge in [0.05, 0.1) is 0 Å². The maximum Gasteiger partial charge on any atom is 0.243 e. The van der Waals surface area contributed by atoms with Crippen molar-refractivity contribution in [2.24, 2.45) is 0 Å². The van der Waals surface area contributed by atoms with Gasteiger partial charge in [-0.25, -0.2) is 21.9 Å². The maximum atomic E-state index is 14.4. The lowest BCUT2D eigenvalue weighted by molar-refractivity contribution is 0.507. The summed E-state index contributed by atoms with van der Waals surface area (Å²) in [4.78, 5) is -0.495. The molecule has 21 heavy (non-hydrogen) atoms. The van der Waals surface area contributed by atoms with Crippen molar-refractivity contribution >= 4 is 10.0 Å². The average molecular weight is 318 g/mol. The first-order valence-electron chi connectivity index (χ1n) is 7.01. The Morgan fingerprint density at radius 3 is 2.52 bits per heavy atom. The number of hydrogen-bond donors (Lipinski definition) is 2. The van der Waals surface area contributed by atoms with Crippen LogP contribution < -0.4 is 10.0 Å². The van der Waals surface area contributed by atoms with E-state index in [4.69, 9.17) is 0 Å². The van der Waals surface area contributed by atoms with Gasteiger partial charge < -0.3 is 5.32 Å². The molecule has 0 aromatic heterocycles. The third-order valence-electron chi connectivity index (χ3n) is 3.55. The molecule has 0 saturated heterocycles. The van der Waals surface area contributed by atoms with Crippen molar-refractivity contribution in [1.29, 1.82) is 0 Å². The Labute approximate surface area is 124 Å². The summed E-state index contributed by atoms with van der Waals surface area (Å²) >= 11 is 0. The summed E-state index contributed by atoms with van der Waals surface area (Å²) in [5.74, 6) is -1.76. The van der Waals surface area contributed by atoms with Crippen molar-refractivity contribution in [3.05, 3.63) is 29.3 Å². The fourth-order valence-corrected chi connectivity index (χ4v) is 3.57. The molecule has 1 aliphatic rings. The normalized spacial score (nSPS) is 17.0. The summed E-state index contributed by atoms with van der Waals surface area (Å²) in [5, 5.41) is 2.88. The van der Waals surface area contributed by atoms with Crippen LogP contribution in [0.15, 0.2) is 17.0 Å². The molecule has 1 saturated carbocycles. The molecule has 0 radical (unpaired) electrons. The zero-order valence-corrected chi connectivity index (χ0v) is 13.0. The minimum atomic E-state index is -3.98. The van der Waals surface area contributed by atoms with E-state index < -0.39 is 32.1 Å². The molecular formula is C14H20F2N2O2S. The van der Waals surface area contributed by atoms with Gasteiger partial charge in [-0.1, -0.05) is 6.92 Å². The standard InChI is InChI=1S/C14H20F2N2O2S/c1-3-8-17-9-10-11(15)4-5-12(13(10)16)21(19,20)18-14(2)6-7-14/h4-5,17-18H,3,6-9H2,1-2H3. The molecule has 0 spiro atoms. The van der Waals surface area contributed by atoms with Crippen LogP contribution >= 0.6 is 0 Å². The molecule has 0 atom stereocenters. The van der Waals surface area contributed by atoms with Crippen LogP contribution in [0.25, 0.3) is 0 Å². The minimum absolute atomic E-state index is 0.0356. The number of nitrogens with one attached hydrogen (secondary N) is 2. The van der Waals surface area contributed by atoms with E-state index >= 15 is 0 Å². The molecule has 1 aromatic carbocycles. The van der Waals surface area contributed by atoms with Crippen LogP contribution in [-0.4, -0.2) is 20.5 Å². The number of hydrogen-bond acceptors (Lipinski definition) is 3. The van der Waals surface area contributed by atoms with E-state index in [1.165, 1.54) is 0 Å². The van der Waals surface area contributed by atoms with Gasteiger partial charge in [0.2, 0.25) is 10.0 Å². The van der Waals surface area contributed by atoms with E-state index in [0.717, 1.165) is 31.4 Å². The smallest absolute Gasteiger partial charge is 0.243 e. The molecule has 1 fully saturated rings. The van der Waals surface area contributed by atoms with Crippen molar-refractivity contribution in [1.82, 2.24) is 10.0 Å². The average Bonchev–Trinajstić information content (AvgIpc) is 3.09. The Morgan fingerprint density at radius 2 is 1.95 bits per heavy atom. The van der Waals surface area contributed by atoms with Crippen LogP contribution in [0.3, 0.4) is 0 Å². The molecule has 2 rings (SSSR count). The highest BCUT2D eigenvalue weighted by Gasteiger charge is 2.42. The van der Waals surface area contributed by atoms with Crippen molar-refractivity contribution in [2.75, 3.05) is 6.54 Å². The molecule has 0 unspecified atom stereocenters. The number of rotatable bonds is 7. The van der Waals surface area contributed by atoms with Crippen LogP contribution in [0.2, 0.25) is 0 Å². The Bertz CT molecular complexity index is 628. The van der Waals surface area contributed by atoms with Crippen molar-refractivity contribution < 1.29 is 17.2 Å². The van der Waals surface area contributed by atoms with Gasteiger partial charge in [0, 0.05) is 17.6 Å². The van der Waals surface area contributed by atoms with E-state index in [1.807, 2.05) is 6.92 Å². The predicted octanol–water partition coefficient (Wildman–Crippen LogP) is 2.30. The fourth-order valence-electron chi connectivity index (χ4n) is 2.00. The lowest BCUT2D eigenvalue weighted by atomic mass is 10.2. The van der Waals surface area contributed by atoms with Gasteiger partial charge in [-0.3, -0.25) is 0 Å². The third kappa shape index (κ3) is 3.78. The number of benzene rings is 1. The molecule has 0 amide bonds. The van der Waals surface area contributed by atoms with Crippen LogP contribution in [0.1, 0.15) is 38.7 Å². The van der Waals surface area contributed by atoms with Crippen molar-refractivity contribution in [2.45, 2.75) is 50.1 Å². The summed E-state index contributed by atoms with van der Waals surface area (Å²) in [5.41, 5.74) is -0.743. The highest BCUT2D eigenvalue weighted by molar-refractivity contribution is 7.89. The fraction of sp³-hybridized carbons (Fsp3) is 0.571. The highest BCUT2D eigenvalue weighted by atomic mass is 32.2. The molecular weight excluding hydrogens is 298 g/mol. The summed E-state index contributed by atoms with van der Waals surface area (Å²) in [6.07, 6.45) is 2.26.